The number of rotatable bonds is 3. The van der Waals surface area contributed by atoms with E-state index in [4.69, 9.17) is 4.74 Å². The zero-order valence-electron chi connectivity index (χ0n) is 10.3. The van der Waals surface area contributed by atoms with Crippen molar-refractivity contribution in [2.24, 2.45) is 0 Å². The molecule has 94 valence electrons. The molecule has 0 radical (unpaired) electrons. The fourth-order valence-electron chi connectivity index (χ4n) is 2.18. The lowest BCUT2D eigenvalue weighted by Gasteiger charge is -2.31. The Hall–Kier alpha value is -0.940. The quantitative estimate of drug-likeness (QED) is 0.826. The molecule has 1 fully saturated rings. The molecule has 1 aliphatic rings. The summed E-state index contributed by atoms with van der Waals surface area (Å²) in [5, 5.41) is 1.16. The van der Waals surface area contributed by atoms with Crippen molar-refractivity contribution in [1.82, 2.24) is 9.88 Å². The molecule has 2 rings (SSSR count). The summed E-state index contributed by atoms with van der Waals surface area (Å²) in [6.07, 6.45) is 4.10. The highest BCUT2D eigenvalue weighted by Crippen LogP contribution is 2.29. The fourth-order valence-corrected chi connectivity index (χ4v) is 3.08. The summed E-state index contributed by atoms with van der Waals surface area (Å²) < 4.78 is 4.90. The SMILES string of the molecule is COCC(=O)N1CCC[C@H](c2ncc(C)s2)C1. The molecule has 17 heavy (non-hydrogen) atoms. The molecule has 5 heteroatoms. The van der Waals surface area contributed by atoms with E-state index < -0.39 is 0 Å². The number of piperidine rings is 1. The molecule has 0 saturated carbocycles. The third-order valence-corrected chi connectivity index (χ3v) is 4.11. The van der Waals surface area contributed by atoms with Crippen molar-refractivity contribution in [1.29, 1.82) is 0 Å². The number of thiazole rings is 1. The van der Waals surface area contributed by atoms with Crippen LogP contribution in [-0.4, -0.2) is 42.6 Å². The van der Waals surface area contributed by atoms with Crippen molar-refractivity contribution < 1.29 is 9.53 Å². The lowest BCUT2D eigenvalue weighted by atomic mass is 9.99. The van der Waals surface area contributed by atoms with Gasteiger partial charge in [-0.05, 0) is 19.8 Å². The third-order valence-electron chi connectivity index (χ3n) is 3.03. The van der Waals surface area contributed by atoms with E-state index in [0.29, 0.717) is 5.92 Å². The standard InChI is InChI=1S/C12H18N2O2S/c1-9-6-13-12(17-9)10-4-3-5-14(7-10)11(15)8-16-2/h6,10H,3-5,7-8H2,1-2H3/t10-/m0/s1. The molecule has 0 spiro atoms. The van der Waals surface area contributed by atoms with Crippen LogP contribution in [0.5, 0.6) is 0 Å². The van der Waals surface area contributed by atoms with Crippen LogP contribution >= 0.6 is 11.3 Å². The van der Waals surface area contributed by atoms with Crippen molar-refractivity contribution in [2.45, 2.75) is 25.7 Å². The molecule has 0 unspecified atom stereocenters. The molecule has 1 aromatic heterocycles. The van der Waals surface area contributed by atoms with Crippen molar-refractivity contribution in [3.63, 3.8) is 0 Å². The van der Waals surface area contributed by atoms with Gasteiger partial charge >= 0.3 is 0 Å². The van der Waals surface area contributed by atoms with Gasteiger partial charge in [0.2, 0.25) is 5.91 Å². The lowest BCUT2D eigenvalue weighted by molar-refractivity contribution is -0.136. The summed E-state index contributed by atoms with van der Waals surface area (Å²) in [4.78, 5) is 19.3. The first kappa shape index (κ1) is 12.5. The largest absolute Gasteiger partial charge is 0.375 e. The van der Waals surface area contributed by atoms with E-state index in [2.05, 4.69) is 11.9 Å². The average molecular weight is 254 g/mol. The summed E-state index contributed by atoms with van der Waals surface area (Å²) in [6, 6.07) is 0. The number of carbonyl (C=O) groups excluding carboxylic acids is 1. The molecule has 0 bridgehead atoms. The Balaban J connectivity index is 1.99. The molecule has 1 atom stereocenters. The number of carbonyl (C=O) groups is 1. The molecule has 0 N–H and O–H groups in total. The van der Waals surface area contributed by atoms with Gasteiger partial charge in [-0.1, -0.05) is 0 Å². The molecular formula is C12H18N2O2S. The maximum Gasteiger partial charge on any atom is 0.248 e. The van der Waals surface area contributed by atoms with E-state index in [0.717, 1.165) is 30.9 Å². The average Bonchev–Trinajstić information content (AvgIpc) is 2.76. The number of likely N-dealkylation sites (tertiary alicyclic amines) is 1. The van der Waals surface area contributed by atoms with Crippen molar-refractivity contribution in [2.75, 3.05) is 26.8 Å². The monoisotopic (exact) mass is 254 g/mol. The van der Waals surface area contributed by atoms with E-state index in [1.165, 1.54) is 4.88 Å². The van der Waals surface area contributed by atoms with E-state index >= 15 is 0 Å². The van der Waals surface area contributed by atoms with Gasteiger partial charge in [0, 0.05) is 37.2 Å². The van der Waals surface area contributed by atoms with E-state index in [9.17, 15) is 4.79 Å². The summed E-state index contributed by atoms with van der Waals surface area (Å²) >= 11 is 1.74. The molecule has 1 aliphatic heterocycles. The van der Waals surface area contributed by atoms with Gasteiger partial charge in [-0.2, -0.15) is 0 Å². The number of hydrogen-bond donors (Lipinski definition) is 0. The number of nitrogens with zero attached hydrogens (tertiary/aromatic N) is 2. The van der Waals surface area contributed by atoms with Gasteiger partial charge in [-0.15, -0.1) is 11.3 Å². The minimum atomic E-state index is 0.0884. The maximum absolute atomic E-state index is 11.8. The molecule has 2 heterocycles. The molecule has 1 aromatic rings. The van der Waals surface area contributed by atoms with E-state index in [1.54, 1.807) is 18.4 Å². The lowest BCUT2D eigenvalue weighted by Crippen LogP contribution is -2.40. The van der Waals surface area contributed by atoms with Gasteiger partial charge in [0.15, 0.2) is 0 Å². The van der Waals surface area contributed by atoms with Crippen LogP contribution in [-0.2, 0) is 9.53 Å². The molecule has 0 aliphatic carbocycles. The Kier molecular flexibility index (Phi) is 4.12. The summed E-state index contributed by atoms with van der Waals surface area (Å²) in [6.45, 7) is 3.89. The van der Waals surface area contributed by atoms with Crippen LogP contribution in [0.2, 0.25) is 0 Å². The maximum atomic E-state index is 11.8. The normalized spacial score (nSPS) is 20.6. The number of ether oxygens (including phenoxy) is 1. The van der Waals surface area contributed by atoms with E-state index in [1.807, 2.05) is 11.1 Å². The first-order valence-corrected chi connectivity index (χ1v) is 6.71. The molecule has 0 aromatic carbocycles. The zero-order valence-corrected chi connectivity index (χ0v) is 11.1. The zero-order chi connectivity index (χ0) is 12.3. The van der Waals surface area contributed by atoms with Crippen LogP contribution < -0.4 is 0 Å². The second kappa shape index (κ2) is 5.60. The van der Waals surface area contributed by atoms with Gasteiger partial charge in [-0.25, -0.2) is 4.98 Å². The molecular weight excluding hydrogens is 236 g/mol. The number of amides is 1. The molecule has 1 saturated heterocycles. The van der Waals surface area contributed by atoms with Gasteiger partial charge in [-0.3, -0.25) is 4.79 Å². The van der Waals surface area contributed by atoms with Gasteiger partial charge in [0.1, 0.15) is 6.61 Å². The Morgan fingerprint density at radius 2 is 2.53 bits per heavy atom. The highest BCUT2D eigenvalue weighted by Gasteiger charge is 2.26. The number of hydrogen-bond acceptors (Lipinski definition) is 4. The minimum absolute atomic E-state index is 0.0884. The van der Waals surface area contributed by atoms with Crippen molar-refractivity contribution in [3.05, 3.63) is 16.1 Å². The smallest absolute Gasteiger partial charge is 0.248 e. The Morgan fingerprint density at radius 3 is 3.18 bits per heavy atom. The van der Waals surface area contributed by atoms with Crippen LogP contribution in [0.1, 0.15) is 28.6 Å². The second-order valence-electron chi connectivity index (χ2n) is 4.42. The molecule has 4 nitrogen and oxygen atoms in total. The summed E-state index contributed by atoms with van der Waals surface area (Å²) in [7, 11) is 1.56. The van der Waals surface area contributed by atoms with Crippen molar-refractivity contribution >= 4 is 17.2 Å². The topological polar surface area (TPSA) is 42.4 Å². The molecule has 1 amide bonds. The number of methoxy groups -OCH3 is 1. The van der Waals surface area contributed by atoms with Crippen LogP contribution in [0.15, 0.2) is 6.20 Å². The first-order chi connectivity index (χ1) is 8.20. The Bertz CT molecular complexity index is 392. The Labute approximate surface area is 106 Å². The fraction of sp³-hybridized carbons (Fsp3) is 0.667. The van der Waals surface area contributed by atoms with Crippen LogP contribution in [0.25, 0.3) is 0 Å². The van der Waals surface area contributed by atoms with Crippen molar-refractivity contribution in [3.8, 4) is 0 Å². The highest BCUT2D eigenvalue weighted by atomic mass is 32.1. The number of aromatic nitrogens is 1. The highest BCUT2D eigenvalue weighted by molar-refractivity contribution is 7.11. The summed E-state index contributed by atoms with van der Waals surface area (Å²) in [5.74, 6) is 0.494. The predicted molar refractivity (Wildman–Crippen MR) is 67.3 cm³/mol. The Morgan fingerprint density at radius 1 is 1.71 bits per heavy atom. The first-order valence-electron chi connectivity index (χ1n) is 5.89. The van der Waals surface area contributed by atoms with Gasteiger partial charge in [0.25, 0.3) is 0 Å². The third kappa shape index (κ3) is 3.04. The van der Waals surface area contributed by atoms with Gasteiger partial charge in [0.05, 0.1) is 5.01 Å². The second-order valence-corrected chi connectivity index (χ2v) is 5.69. The predicted octanol–water partition coefficient (Wildman–Crippen LogP) is 1.80. The van der Waals surface area contributed by atoms with Gasteiger partial charge < -0.3 is 9.64 Å². The van der Waals surface area contributed by atoms with Crippen LogP contribution in [0.4, 0.5) is 0 Å². The summed E-state index contributed by atoms with van der Waals surface area (Å²) in [5.41, 5.74) is 0. The van der Waals surface area contributed by atoms with Crippen LogP contribution in [0, 0.1) is 6.92 Å². The van der Waals surface area contributed by atoms with E-state index in [-0.39, 0.29) is 12.5 Å². The van der Waals surface area contributed by atoms with Crippen LogP contribution in [0.3, 0.4) is 0 Å². The number of aryl methyl sites for hydroxylation is 1. The minimum Gasteiger partial charge on any atom is -0.375 e.